The van der Waals surface area contributed by atoms with Gasteiger partial charge >= 0.3 is 0 Å². The van der Waals surface area contributed by atoms with Gasteiger partial charge in [0, 0.05) is 18.8 Å². The van der Waals surface area contributed by atoms with E-state index in [1.54, 1.807) is 6.92 Å². The molecular weight excluding hydrogens is 277 g/mol. The molecule has 0 spiro atoms. The van der Waals surface area contributed by atoms with E-state index >= 15 is 0 Å². The summed E-state index contributed by atoms with van der Waals surface area (Å²) in [6, 6.07) is 3.13. The third-order valence-corrected chi connectivity index (χ3v) is 3.27. The fourth-order valence-electron chi connectivity index (χ4n) is 2.22. The number of benzene rings is 1. The molecule has 3 N–H and O–H groups in total. The molecule has 1 aliphatic rings. The molecule has 7 heteroatoms. The fourth-order valence-corrected chi connectivity index (χ4v) is 2.22. The van der Waals surface area contributed by atoms with Gasteiger partial charge in [-0.25, -0.2) is 4.39 Å². The zero-order valence-electron chi connectivity index (χ0n) is 11.8. The van der Waals surface area contributed by atoms with Gasteiger partial charge in [0.1, 0.15) is 11.9 Å². The lowest BCUT2D eigenvalue weighted by Crippen LogP contribution is -2.56. The highest BCUT2D eigenvalue weighted by molar-refractivity contribution is 5.98. The van der Waals surface area contributed by atoms with E-state index in [-0.39, 0.29) is 30.3 Å². The minimum absolute atomic E-state index is 0.0969. The number of halogens is 1. The molecule has 6 nitrogen and oxygen atoms in total. The van der Waals surface area contributed by atoms with Crippen LogP contribution in [0.15, 0.2) is 18.2 Å². The number of hydrogen-bond acceptors (Lipinski definition) is 4. The first kappa shape index (κ1) is 15.2. The van der Waals surface area contributed by atoms with Crippen molar-refractivity contribution in [2.24, 2.45) is 0 Å². The Balaban J connectivity index is 2.24. The van der Waals surface area contributed by atoms with Crippen LogP contribution in [0.5, 0.6) is 0 Å². The van der Waals surface area contributed by atoms with E-state index in [1.165, 1.54) is 17.0 Å². The topological polar surface area (TPSA) is 84.7 Å². The van der Waals surface area contributed by atoms with Crippen molar-refractivity contribution in [2.75, 3.05) is 32.0 Å². The van der Waals surface area contributed by atoms with E-state index in [9.17, 15) is 14.0 Å². The maximum Gasteiger partial charge on any atom is 0.257 e. The van der Waals surface area contributed by atoms with Crippen molar-refractivity contribution in [3.8, 4) is 0 Å². The fraction of sp³-hybridized carbons (Fsp3) is 0.429. The van der Waals surface area contributed by atoms with Gasteiger partial charge in [0.25, 0.3) is 5.91 Å². The summed E-state index contributed by atoms with van der Waals surface area (Å²) in [4.78, 5) is 25.8. The van der Waals surface area contributed by atoms with Crippen molar-refractivity contribution in [1.82, 2.24) is 10.2 Å². The zero-order valence-corrected chi connectivity index (χ0v) is 11.8. The first-order valence-electron chi connectivity index (χ1n) is 6.76. The molecule has 2 rings (SSSR count). The van der Waals surface area contributed by atoms with Gasteiger partial charge in [-0.2, -0.15) is 0 Å². The number of carbonyl (C=O) groups is 2. The molecule has 0 radical (unpaired) electrons. The van der Waals surface area contributed by atoms with Crippen LogP contribution in [-0.2, 0) is 9.53 Å². The minimum Gasteiger partial charge on any atom is -0.399 e. The normalized spacial score (nSPS) is 18.4. The SMILES string of the molecule is CCNC(=O)C1COCCN1C(=O)c1ccc(N)cc1F. The summed E-state index contributed by atoms with van der Waals surface area (Å²) in [5.41, 5.74) is 5.62. The predicted molar refractivity (Wildman–Crippen MR) is 75.1 cm³/mol. The Morgan fingerprint density at radius 3 is 2.95 bits per heavy atom. The summed E-state index contributed by atoms with van der Waals surface area (Å²) in [6.07, 6.45) is 0. The van der Waals surface area contributed by atoms with Crippen LogP contribution in [0.25, 0.3) is 0 Å². The molecule has 1 saturated heterocycles. The Kier molecular flexibility index (Phi) is 4.74. The number of carbonyl (C=O) groups excluding carboxylic acids is 2. The molecule has 0 aromatic heterocycles. The summed E-state index contributed by atoms with van der Waals surface area (Å²) in [6.45, 7) is 2.90. The van der Waals surface area contributed by atoms with Gasteiger partial charge < -0.3 is 20.7 Å². The minimum atomic E-state index is -0.747. The molecule has 1 heterocycles. The second-order valence-corrected chi connectivity index (χ2v) is 4.72. The predicted octanol–water partition coefficient (Wildman–Crippen LogP) is 0.385. The second-order valence-electron chi connectivity index (χ2n) is 4.72. The van der Waals surface area contributed by atoms with Crippen molar-refractivity contribution in [1.29, 1.82) is 0 Å². The molecule has 1 unspecified atom stereocenters. The standard InChI is InChI=1S/C14H18FN3O3/c1-2-17-13(19)12-8-21-6-5-18(12)14(20)10-4-3-9(16)7-11(10)15/h3-4,7,12H,2,5-6,8,16H2,1H3,(H,17,19). The highest BCUT2D eigenvalue weighted by Crippen LogP contribution is 2.17. The molecule has 1 fully saturated rings. The third-order valence-electron chi connectivity index (χ3n) is 3.27. The Bertz CT molecular complexity index is 550. The number of morpholine rings is 1. The number of nitrogen functional groups attached to an aromatic ring is 1. The van der Waals surface area contributed by atoms with Gasteiger partial charge in [-0.15, -0.1) is 0 Å². The van der Waals surface area contributed by atoms with E-state index in [4.69, 9.17) is 10.5 Å². The van der Waals surface area contributed by atoms with Crippen molar-refractivity contribution in [2.45, 2.75) is 13.0 Å². The van der Waals surface area contributed by atoms with Crippen LogP contribution in [0.1, 0.15) is 17.3 Å². The Hall–Kier alpha value is -2.15. The second kappa shape index (κ2) is 6.53. The van der Waals surface area contributed by atoms with Crippen LogP contribution < -0.4 is 11.1 Å². The van der Waals surface area contributed by atoms with Crippen molar-refractivity contribution in [3.63, 3.8) is 0 Å². The lowest BCUT2D eigenvalue weighted by Gasteiger charge is -2.34. The number of nitrogens with one attached hydrogen (secondary N) is 1. The Morgan fingerprint density at radius 1 is 1.52 bits per heavy atom. The van der Waals surface area contributed by atoms with Crippen molar-refractivity contribution >= 4 is 17.5 Å². The summed E-state index contributed by atoms with van der Waals surface area (Å²) in [5.74, 6) is -1.53. The van der Waals surface area contributed by atoms with E-state index in [2.05, 4.69) is 5.32 Å². The molecule has 1 aliphatic heterocycles. The number of rotatable bonds is 3. The highest BCUT2D eigenvalue weighted by atomic mass is 19.1. The molecule has 0 saturated carbocycles. The summed E-state index contributed by atoms with van der Waals surface area (Å²) < 4.78 is 19.1. The van der Waals surface area contributed by atoms with Gasteiger partial charge in [-0.05, 0) is 25.1 Å². The molecule has 0 bridgehead atoms. The molecular formula is C14H18FN3O3. The van der Waals surface area contributed by atoms with Crippen LogP contribution in [0.3, 0.4) is 0 Å². The average Bonchev–Trinajstić information content (AvgIpc) is 2.47. The van der Waals surface area contributed by atoms with Crippen LogP contribution in [0.4, 0.5) is 10.1 Å². The lowest BCUT2D eigenvalue weighted by atomic mass is 10.1. The van der Waals surface area contributed by atoms with Crippen LogP contribution >= 0.6 is 0 Å². The number of likely N-dealkylation sites (N-methyl/N-ethyl adjacent to an activating group) is 1. The summed E-state index contributed by atoms with van der Waals surface area (Å²) in [5, 5.41) is 2.65. The maximum absolute atomic E-state index is 13.9. The third kappa shape index (κ3) is 3.30. The number of nitrogens with two attached hydrogens (primary N) is 1. The number of anilines is 1. The molecule has 21 heavy (non-hydrogen) atoms. The van der Waals surface area contributed by atoms with Crippen molar-refractivity contribution in [3.05, 3.63) is 29.6 Å². The molecule has 1 atom stereocenters. The van der Waals surface area contributed by atoms with E-state index < -0.39 is 17.8 Å². The lowest BCUT2D eigenvalue weighted by molar-refractivity contribution is -0.130. The number of ether oxygens (including phenoxy) is 1. The van der Waals surface area contributed by atoms with Gasteiger partial charge in [-0.1, -0.05) is 0 Å². The number of amides is 2. The number of hydrogen-bond donors (Lipinski definition) is 2. The van der Waals surface area contributed by atoms with Crippen LogP contribution in [-0.4, -0.2) is 49.1 Å². The largest absolute Gasteiger partial charge is 0.399 e. The average molecular weight is 295 g/mol. The van der Waals surface area contributed by atoms with E-state index in [0.29, 0.717) is 13.2 Å². The van der Waals surface area contributed by atoms with E-state index in [1.807, 2.05) is 0 Å². The van der Waals surface area contributed by atoms with Gasteiger partial charge in [-0.3, -0.25) is 9.59 Å². The summed E-state index contributed by atoms with van der Waals surface area (Å²) in [7, 11) is 0. The Labute approximate surface area is 122 Å². The monoisotopic (exact) mass is 295 g/mol. The molecule has 2 amide bonds. The van der Waals surface area contributed by atoms with Gasteiger partial charge in [0.05, 0.1) is 18.8 Å². The molecule has 1 aromatic rings. The highest BCUT2D eigenvalue weighted by Gasteiger charge is 2.34. The number of nitrogens with zero attached hydrogens (tertiary/aromatic N) is 1. The maximum atomic E-state index is 13.9. The quantitative estimate of drug-likeness (QED) is 0.790. The first-order chi connectivity index (χ1) is 10.0. The summed E-state index contributed by atoms with van der Waals surface area (Å²) >= 11 is 0. The van der Waals surface area contributed by atoms with Crippen LogP contribution in [0, 0.1) is 5.82 Å². The van der Waals surface area contributed by atoms with Gasteiger partial charge in [0.15, 0.2) is 0 Å². The first-order valence-corrected chi connectivity index (χ1v) is 6.76. The molecule has 114 valence electrons. The molecule has 1 aromatic carbocycles. The van der Waals surface area contributed by atoms with Gasteiger partial charge in [0.2, 0.25) is 5.91 Å². The van der Waals surface area contributed by atoms with Crippen LogP contribution in [0.2, 0.25) is 0 Å². The smallest absolute Gasteiger partial charge is 0.257 e. The van der Waals surface area contributed by atoms with Crippen molar-refractivity contribution < 1.29 is 18.7 Å². The van der Waals surface area contributed by atoms with E-state index in [0.717, 1.165) is 6.07 Å². The molecule has 0 aliphatic carbocycles. The zero-order chi connectivity index (χ0) is 15.4. The Morgan fingerprint density at radius 2 is 2.29 bits per heavy atom.